The van der Waals surface area contributed by atoms with Crippen molar-refractivity contribution in [2.24, 2.45) is 4.99 Å². The van der Waals surface area contributed by atoms with Gasteiger partial charge in [-0.3, -0.25) is 5.32 Å². The maximum Gasteiger partial charge on any atom is 0.321 e. The van der Waals surface area contributed by atoms with Crippen LogP contribution in [-0.4, -0.2) is 26.1 Å². The van der Waals surface area contributed by atoms with Crippen molar-refractivity contribution in [1.82, 2.24) is 10.6 Å². The number of hydrogen-bond donors (Lipinski definition) is 3. The van der Waals surface area contributed by atoms with Gasteiger partial charge in [0.15, 0.2) is 0 Å². The Kier molecular flexibility index (Phi) is 4.99. The maximum absolute atomic E-state index is 12.7. The number of amides is 2. The van der Waals surface area contributed by atoms with Crippen LogP contribution in [0, 0.1) is 0 Å². The molecule has 0 spiro atoms. The van der Waals surface area contributed by atoms with Crippen molar-refractivity contribution in [1.29, 1.82) is 0 Å². The van der Waals surface area contributed by atoms with E-state index in [1.54, 1.807) is 14.2 Å². The average molecular weight is 426 g/mol. The number of hydrogen-bond acceptors (Lipinski definition) is 5. The zero-order chi connectivity index (χ0) is 22.1. The van der Waals surface area contributed by atoms with Gasteiger partial charge in [-0.05, 0) is 35.9 Å². The summed E-state index contributed by atoms with van der Waals surface area (Å²) in [6.45, 7) is 0. The fraction of sp³-hybridized carbons (Fsp3) is 0.120. The molecule has 0 saturated carbocycles. The molecule has 7 nitrogen and oxygen atoms in total. The van der Waals surface area contributed by atoms with Gasteiger partial charge < -0.3 is 20.1 Å². The summed E-state index contributed by atoms with van der Waals surface area (Å²) < 4.78 is 11.1. The van der Waals surface area contributed by atoms with Gasteiger partial charge in [0, 0.05) is 11.1 Å². The predicted octanol–water partition coefficient (Wildman–Crippen LogP) is 4.62. The SMILES string of the molecule is COc1ccc(OC)c(C2NC(=O)NC3=Nc4ccccc4NC(c4ccccc4)=C32)c1. The molecule has 3 aromatic rings. The van der Waals surface area contributed by atoms with Crippen LogP contribution >= 0.6 is 0 Å². The topological polar surface area (TPSA) is 84.0 Å². The number of carbonyl (C=O) groups excluding carboxylic acids is 1. The number of nitrogens with one attached hydrogen (secondary N) is 3. The van der Waals surface area contributed by atoms with Crippen molar-refractivity contribution in [3.05, 3.63) is 89.5 Å². The first-order valence-corrected chi connectivity index (χ1v) is 10.2. The van der Waals surface area contributed by atoms with Crippen LogP contribution in [0.1, 0.15) is 17.2 Å². The van der Waals surface area contributed by atoms with E-state index in [0.29, 0.717) is 17.3 Å². The number of urea groups is 1. The zero-order valence-electron chi connectivity index (χ0n) is 17.7. The molecule has 1 saturated heterocycles. The second kappa shape index (κ2) is 8.11. The smallest absolute Gasteiger partial charge is 0.321 e. The zero-order valence-corrected chi connectivity index (χ0v) is 17.7. The van der Waals surface area contributed by atoms with E-state index in [4.69, 9.17) is 14.5 Å². The summed E-state index contributed by atoms with van der Waals surface area (Å²) in [6.07, 6.45) is 0. The summed E-state index contributed by atoms with van der Waals surface area (Å²) in [5.74, 6) is 1.79. The van der Waals surface area contributed by atoms with Gasteiger partial charge in [-0.15, -0.1) is 0 Å². The van der Waals surface area contributed by atoms with Gasteiger partial charge in [-0.2, -0.15) is 0 Å². The molecule has 2 amide bonds. The molecule has 2 aliphatic heterocycles. The minimum Gasteiger partial charge on any atom is -0.497 e. The quantitative estimate of drug-likeness (QED) is 0.568. The molecule has 0 aromatic heterocycles. The third kappa shape index (κ3) is 3.43. The van der Waals surface area contributed by atoms with E-state index in [1.807, 2.05) is 72.8 Å². The van der Waals surface area contributed by atoms with Crippen LogP contribution in [0.5, 0.6) is 11.5 Å². The summed E-state index contributed by atoms with van der Waals surface area (Å²) in [4.78, 5) is 17.5. The van der Waals surface area contributed by atoms with E-state index in [-0.39, 0.29) is 6.03 Å². The van der Waals surface area contributed by atoms with Gasteiger partial charge >= 0.3 is 6.03 Å². The van der Waals surface area contributed by atoms with Gasteiger partial charge in [-0.25, -0.2) is 9.79 Å². The van der Waals surface area contributed by atoms with Gasteiger partial charge in [0.1, 0.15) is 17.3 Å². The highest BCUT2D eigenvalue weighted by atomic mass is 16.5. The van der Waals surface area contributed by atoms with Gasteiger partial charge in [-0.1, -0.05) is 42.5 Å². The number of rotatable bonds is 4. The summed E-state index contributed by atoms with van der Waals surface area (Å²) in [5.41, 5.74) is 4.98. The molecule has 3 aromatic carbocycles. The highest BCUT2D eigenvalue weighted by molar-refractivity contribution is 6.18. The number of benzene rings is 3. The van der Waals surface area contributed by atoms with Crippen LogP contribution in [0.4, 0.5) is 16.2 Å². The second-order valence-electron chi connectivity index (χ2n) is 7.40. The van der Waals surface area contributed by atoms with Crippen LogP contribution in [0.3, 0.4) is 0 Å². The molecule has 1 unspecified atom stereocenters. The third-order valence-corrected chi connectivity index (χ3v) is 5.53. The van der Waals surface area contributed by atoms with Crippen LogP contribution in [0.2, 0.25) is 0 Å². The molecule has 32 heavy (non-hydrogen) atoms. The van der Waals surface area contributed by atoms with Crippen LogP contribution in [0.15, 0.2) is 83.4 Å². The Balaban J connectivity index is 1.79. The lowest BCUT2D eigenvalue weighted by molar-refractivity contribution is 0.241. The van der Waals surface area contributed by atoms with E-state index in [1.165, 1.54) is 0 Å². The Bertz CT molecular complexity index is 1250. The molecule has 3 N–H and O–H groups in total. The fourth-order valence-corrected chi connectivity index (χ4v) is 4.03. The van der Waals surface area contributed by atoms with Crippen molar-refractivity contribution < 1.29 is 14.3 Å². The number of nitrogens with zero attached hydrogens (tertiary/aromatic N) is 1. The summed E-state index contributed by atoms with van der Waals surface area (Å²) in [7, 11) is 3.22. The molecular formula is C25H22N4O3. The standard InChI is InChI=1S/C25H22N4O3/c1-31-16-12-13-20(32-2)17(14-16)23-21-22(15-8-4-3-5-9-15)26-18-10-6-7-11-19(18)27-24(21)29-25(30)28-23/h3-14,23,26H,1-2H3,(H2,27,28,29,30). The number of amidine groups is 1. The summed E-state index contributed by atoms with van der Waals surface area (Å²) >= 11 is 0. The maximum atomic E-state index is 12.7. The fourth-order valence-electron chi connectivity index (χ4n) is 4.03. The van der Waals surface area contributed by atoms with Crippen molar-refractivity contribution in [3.8, 4) is 11.5 Å². The summed E-state index contributed by atoms with van der Waals surface area (Å²) in [5, 5.41) is 9.50. The van der Waals surface area contributed by atoms with Crippen LogP contribution in [0.25, 0.3) is 5.70 Å². The molecule has 1 atom stereocenters. The Labute approximate surface area is 185 Å². The highest BCUT2D eigenvalue weighted by Gasteiger charge is 2.36. The number of carbonyl (C=O) groups is 1. The van der Waals surface area contributed by atoms with Gasteiger partial charge in [0.25, 0.3) is 0 Å². The molecule has 0 bridgehead atoms. The normalized spacial score (nSPS) is 17.0. The lowest BCUT2D eigenvalue weighted by Crippen LogP contribution is -2.50. The average Bonchev–Trinajstić information content (AvgIpc) is 3.00. The van der Waals surface area contributed by atoms with E-state index >= 15 is 0 Å². The Morgan fingerprint density at radius 1 is 0.875 bits per heavy atom. The molecule has 2 heterocycles. The number of para-hydroxylation sites is 2. The third-order valence-electron chi connectivity index (χ3n) is 5.53. The minimum atomic E-state index is -0.524. The first-order chi connectivity index (χ1) is 15.7. The number of anilines is 1. The molecule has 0 aliphatic carbocycles. The highest BCUT2D eigenvalue weighted by Crippen LogP contribution is 2.41. The molecule has 2 aliphatic rings. The molecule has 0 radical (unpaired) electrons. The lowest BCUT2D eigenvalue weighted by atomic mass is 9.91. The first-order valence-electron chi connectivity index (χ1n) is 10.2. The van der Waals surface area contributed by atoms with E-state index in [0.717, 1.165) is 33.8 Å². The van der Waals surface area contributed by atoms with Crippen LogP contribution < -0.4 is 25.4 Å². The summed E-state index contributed by atoms with van der Waals surface area (Å²) in [6, 6.07) is 22.4. The predicted molar refractivity (Wildman–Crippen MR) is 124 cm³/mol. The Morgan fingerprint density at radius 2 is 1.66 bits per heavy atom. The Hall–Kier alpha value is -4.26. The van der Waals surface area contributed by atoms with E-state index < -0.39 is 6.04 Å². The van der Waals surface area contributed by atoms with Gasteiger partial charge in [0.05, 0.1) is 37.3 Å². The second-order valence-corrected chi connectivity index (χ2v) is 7.40. The first kappa shape index (κ1) is 19.7. The molecular weight excluding hydrogens is 404 g/mol. The van der Waals surface area contributed by atoms with Crippen molar-refractivity contribution in [3.63, 3.8) is 0 Å². The van der Waals surface area contributed by atoms with Gasteiger partial charge in [0.2, 0.25) is 0 Å². The van der Waals surface area contributed by atoms with E-state index in [2.05, 4.69) is 16.0 Å². The monoisotopic (exact) mass is 426 g/mol. The lowest BCUT2D eigenvalue weighted by Gasteiger charge is -2.31. The number of methoxy groups -OCH3 is 2. The van der Waals surface area contributed by atoms with Crippen molar-refractivity contribution in [2.45, 2.75) is 6.04 Å². The number of ether oxygens (including phenoxy) is 2. The van der Waals surface area contributed by atoms with Crippen molar-refractivity contribution in [2.75, 3.05) is 19.5 Å². The minimum absolute atomic E-state index is 0.339. The van der Waals surface area contributed by atoms with Crippen LogP contribution in [-0.2, 0) is 0 Å². The van der Waals surface area contributed by atoms with E-state index in [9.17, 15) is 4.79 Å². The largest absolute Gasteiger partial charge is 0.497 e. The molecule has 160 valence electrons. The number of fused-ring (bicyclic) bond motifs is 2. The Morgan fingerprint density at radius 3 is 2.44 bits per heavy atom. The number of aliphatic imine (C=N–C) groups is 1. The molecule has 1 fully saturated rings. The van der Waals surface area contributed by atoms with Crippen molar-refractivity contribution >= 4 is 28.9 Å². The molecule has 5 rings (SSSR count). The molecule has 7 heteroatoms.